The quantitative estimate of drug-likeness (QED) is 0.774. The monoisotopic (exact) mass is 260 g/mol. The van der Waals surface area contributed by atoms with Crippen LogP contribution in [0.15, 0.2) is 48.5 Å². The van der Waals surface area contributed by atoms with E-state index in [0.717, 1.165) is 11.1 Å². The first-order valence-electron chi connectivity index (χ1n) is 5.74. The van der Waals surface area contributed by atoms with Gasteiger partial charge in [0, 0.05) is 5.02 Å². The van der Waals surface area contributed by atoms with E-state index in [9.17, 15) is 4.79 Å². The van der Waals surface area contributed by atoms with Crippen LogP contribution < -0.4 is 0 Å². The summed E-state index contributed by atoms with van der Waals surface area (Å²) in [6, 6.07) is 14.8. The van der Waals surface area contributed by atoms with E-state index in [4.69, 9.17) is 16.3 Å². The molecule has 0 saturated heterocycles. The smallest absolute Gasteiger partial charge is 0.338 e. The van der Waals surface area contributed by atoms with Crippen molar-refractivity contribution in [3.05, 3.63) is 59.1 Å². The lowest BCUT2D eigenvalue weighted by atomic mass is 10.00. The van der Waals surface area contributed by atoms with Crippen LogP contribution in [0.1, 0.15) is 17.3 Å². The Balaban J connectivity index is 2.48. The lowest BCUT2D eigenvalue weighted by Crippen LogP contribution is -2.06. The van der Waals surface area contributed by atoms with E-state index >= 15 is 0 Å². The summed E-state index contributed by atoms with van der Waals surface area (Å²) in [7, 11) is 0. The van der Waals surface area contributed by atoms with Gasteiger partial charge >= 0.3 is 5.97 Å². The fourth-order valence-corrected chi connectivity index (χ4v) is 1.97. The molecule has 0 saturated carbocycles. The van der Waals surface area contributed by atoms with Gasteiger partial charge in [-0.1, -0.05) is 41.9 Å². The van der Waals surface area contributed by atoms with Crippen LogP contribution in [-0.4, -0.2) is 12.6 Å². The third kappa shape index (κ3) is 2.71. The number of carbonyl (C=O) groups is 1. The number of benzene rings is 2. The maximum Gasteiger partial charge on any atom is 0.338 e. The van der Waals surface area contributed by atoms with Crippen molar-refractivity contribution >= 4 is 17.6 Å². The number of halogens is 1. The summed E-state index contributed by atoms with van der Waals surface area (Å²) in [6.45, 7) is 2.16. The van der Waals surface area contributed by atoms with Gasteiger partial charge in [-0.3, -0.25) is 0 Å². The van der Waals surface area contributed by atoms with Crippen LogP contribution in [0.3, 0.4) is 0 Å². The first-order chi connectivity index (χ1) is 8.72. The first-order valence-corrected chi connectivity index (χ1v) is 6.12. The predicted octanol–water partition coefficient (Wildman–Crippen LogP) is 4.18. The molecular formula is C15H13ClO2. The van der Waals surface area contributed by atoms with Gasteiger partial charge in [-0.05, 0) is 36.2 Å². The standard InChI is InChI=1S/C15H13ClO2/c1-2-18-15(17)14-9-4-3-8-13(14)11-6-5-7-12(16)10-11/h3-10H,2H2,1H3. The third-order valence-corrected chi connectivity index (χ3v) is 2.79. The van der Waals surface area contributed by atoms with Crippen molar-refractivity contribution in [1.82, 2.24) is 0 Å². The summed E-state index contributed by atoms with van der Waals surface area (Å²) >= 11 is 5.97. The first kappa shape index (κ1) is 12.7. The highest BCUT2D eigenvalue weighted by Crippen LogP contribution is 2.26. The molecule has 0 aliphatic rings. The number of esters is 1. The van der Waals surface area contributed by atoms with E-state index in [0.29, 0.717) is 17.2 Å². The zero-order valence-electron chi connectivity index (χ0n) is 10.0. The second kappa shape index (κ2) is 5.69. The molecular weight excluding hydrogens is 248 g/mol. The van der Waals surface area contributed by atoms with Crippen molar-refractivity contribution < 1.29 is 9.53 Å². The Morgan fingerprint density at radius 3 is 2.67 bits per heavy atom. The molecule has 92 valence electrons. The molecule has 0 atom stereocenters. The van der Waals surface area contributed by atoms with Crippen molar-refractivity contribution in [2.75, 3.05) is 6.61 Å². The number of rotatable bonds is 3. The van der Waals surface area contributed by atoms with Gasteiger partial charge in [-0.2, -0.15) is 0 Å². The molecule has 18 heavy (non-hydrogen) atoms. The molecule has 0 fully saturated rings. The van der Waals surface area contributed by atoms with E-state index in [2.05, 4.69) is 0 Å². The molecule has 2 rings (SSSR count). The summed E-state index contributed by atoms with van der Waals surface area (Å²) in [4.78, 5) is 11.9. The van der Waals surface area contributed by atoms with Crippen LogP contribution >= 0.6 is 11.6 Å². The van der Waals surface area contributed by atoms with Crippen LogP contribution in [0.25, 0.3) is 11.1 Å². The van der Waals surface area contributed by atoms with Crippen LogP contribution in [-0.2, 0) is 4.74 Å². The Morgan fingerprint density at radius 2 is 1.94 bits per heavy atom. The molecule has 0 aromatic heterocycles. The summed E-state index contributed by atoms with van der Waals surface area (Å²) in [5.74, 6) is -0.312. The van der Waals surface area contributed by atoms with Crippen molar-refractivity contribution in [2.24, 2.45) is 0 Å². The fourth-order valence-electron chi connectivity index (χ4n) is 1.78. The molecule has 2 aromatic carbocycles. The maximum atomic E-state index is 11.9. The van der Waals surface area contributed by atoms with Crippen molar-refractivity contribution in [1.29, 1.82) is 0 Å². The zero-order chi connectivity index (χ0) is 13.0. The number of carbonyl (C=O) groups excluding carboxylic acids is 1. The second-order valence-corrected chi connectivity index (χ2v) is 4.21. The van der Waals surface area contributed by atoms with Gasteiger partial charge in [0.1, 0.15) is 0 Å². The highest BCUT2D eigenvalue weighted by molar-refractivity contribution is 6.30. The van der Waals surface area contributed by atoms with Crippen LogP contribution in [0, 0.1) is 0 Å². The van der Waals surface area contributed by atoms with E-state index in [1.165, 1.54) is 0 Å². The van der Waals surface area contributed by atoms with Crippen molar-refractivity contribution in [3.63, 3.8) is 0 Å². The number of hydrogen-bond acceptors (Lipinski definition) is 2. The van der Waals surface area contributed by atoms with Gasteiger partial charge in [0.2, 0.25) is 0 Å². The average molecular weight is 261 g/mol. The summed E-state index contributed by atoms with van der Waals surface area (Å²) in [6.07, 6.45) is 0. The van der Waals surface area contributed by atoms with Gasteiger partial charge in [0.25, 0.3) is 0 Å². The number of hydrogen-bond donors (Lipinski definition) is 0. The molecule has 0 unspecified atom stereocenters. The molecule has 0 aliphatic heterocycles. The minimum atomic E-state index is -0.312. The average Bonchev–Trinajstić information content (AvgIpc) is 2.39. The molecule has 0 N–H and O–H groups in total. The largest absolute Gasteiger partial charge is 0.462 e. The predicted molar refractivity (Wildman–Crippen MR) is 72.8 cm³/mol. The lowest BCUT2D eigenvalue weighted by Gasteiger charge is -2.09. The summed E-state index contributed by atoms with van der Waals surface area (Å²) in [5, 5.41) is 0.645. The normalized spacial score (nSPS) is 10.1. The zero-order valence-corrected chi connectivity index (χ0v) is 10.8. The molecule has 0 heterocycles. The Bertz CT molecular complexity index is 564. The lowest BCUT2D eigenvalue weighted by molar-refractivity contribution is 0.0527. The maximum absolute atomic E-state index is 11.9. The van der Waals surface area contributed by atoms with Crippen molar-refractivity contribution in [2.45, 2.75) is 6.92 Å². The van der Waals surface area contributed by atoms with Crippen LogP contribution in [0.4, 0.5) is 0 Å². The van der Waals surface area contributed by atoms with E-state index in [1.54, 1.807) is 19.1 Å². The molecule has 0 radical (unpaired) electrons. The molecule has 2 nitrogen and oxygen atoms in total. The summed E-state index contributed by atoms with van der Waals surface area (Å²) in [5.41, 5.74) is 2.30. The Kier molecular flexibility index (Phi) is 4.00. The van der Waals surface area contributed by atoms with Gasteiger partial charge in [0.15, 0.2) is 0 Å². The number of ether oxygens (including phenoxy) is 1. The Morgan fingerprint density at radius 1 is 1.17 bits per heavy atom. The van der Waals surface area contributed by atoms with Gasteiger partial charge in [0.05, 0.1) is 12.2 Å². The minimum Gasteiger partial charge on any atom is -0.462 e. The Hall–Kier alpha value is -1.80. The molecule has 0 spiro atoms. The molecule has 0 aliphatic carbocycles. The van der Waals surface area contributed by atoms with Crippen LogP contribution in [0.5, 0.6) is 0 Å². The topological polar surface area (TPSA) is 26.3 Å². The van der Waals surface area contributed by atoms with E-state index in [-0.39, 0.29) is 5.97 Å². The van der Waals surface area contributed by atoms with Gasteiger partial charge in [-0.15, -0.1) is 0 Å². The SMILES string of the molecule is CCOC(=O)c1ccccc1-c1cccc(Cl)c1. The highest BCUT2D eigenvalue weighted by Gasteiger charge is 2.12. The third-order valence-electron chi connectivity index (χ3n) is 2.56. The molecule has 0 amide bonds. The summed E-state index contributed by atoms with van der Waals surface area (Å²) < 4.78 is 5.05. The second-order valence-electron chi connectivity index (χ2n) is 3.78. The fraction of sp³-hybridized carbons (Fsp3) is 0.133. The molecule has 0 bridgehead atoms. The minimum absolute atomic E-state index is 0.312. The van der Waals surface area contributed by atoms with E-state index < -0.39 is 0 Å². The van der Waals surface area contributed by atoms with Crippen LogP contribution in [0.2, 0.25) is 5.02 Å². The van der Waals surface area contributed by atoms with E-state index in [1.807, 2.05) is 36.4 Å². The van der Waals surface area contributed by atoms with Gasteiger partial charge < -0.3 is 4.74 Å². The molecule has 2 aromatic rings. The van der Waals surface area contributed by atoms with Gasteiger partial charge in [-0.25, -0.2) is 4.79 Å². The highest BCUT2D eigenvalue weighted by atomic mass is 35.5. The van der Waals surface area contributed by atoms with Crippen molar-refractivity contribution in [3.8, 4) is 11.1 Å². The Labute approximate surface area is 111 Å². The molecule has 3 heteroatoms.